The molecule has 0 aliphatic rings. The van der Waals surface area contributed by atoms with Crippen LogP contribution in [0.25, 0.3) is 0 Å². The van der Waals surface area contributed by atoms with Crippen molar-refractivity contribution >= 4 is 11.9 Å². The van der Waals surface area contributed by atoms with Gasteiger partial charge in [-0.25, -0.2) is 9.59 Å². The van der Waals surface area contributed by atoms with Crippen molar-refractivity contribution in [2.24, 2.45) is 0 Å². The van der Waals surface area contributed by atoms with Crippen molar-refractivity contribution in [3.63, 3.8) is 0 Å². The maximum absolute atomic E-state index is 10.7. The first kappa shape index (κ1) is 10.6. The SMILES string of the molecule is C#COc1ccc(C(=O)O)c(C(=O)O)c1. The van der Waals surface area contributed by atoms with E-state index in [4.69, 9.17) is 16.6 Å². The predicted octanol–water partition coefficient (Wildman–Crippen LogP) is 1.05. The Bertz CT molecular complexity index is 455. The van der Waals surface area contributed by atoms with E-state index in [0.29, 0.717) is 0 Å². The molecule has 0 bridgehead atoms. The second kappa shape index (κ2) is 4.15. The Hall–Kier alpha value is -2.48. The first-order valence-electron chi connectivity index (χ1n) is 3.79. The second-order valence-corrected chi connectivity index (χ2v) is 2.54. The van der Waals surface area contributed by atoms with Crippen molar-refractivity contribution in [3.8, 4) is 18.3 Å². The molecule has 5 nitrogen and oxygen atoms in total. The van der Waals surface area contributed by atoms with Gasteiger partial charge in [-0.3, -0.25) is 0 Å². The summed E-state index contributed by atoms with van der Waals surface area (Å²) >= 11 is 0. The summed E-state index contributed by atoms with van der Waals surface area (Å²) in [4.78, 5) is 21.4. The van der Waals surface area contributed by atoms with Gasteiger partial charge in [-0.1, -0.05) is 6.42 Å². The number of aromatic carboxylic acids is 2. The Morgan fingerprint density at radius 2 is 1.80 bits per heavy atom. The minimum atomic E-state index is -1.35. The van der Waals surface area contributed by atoms with E-state index < -0.39 is 11.9 Å². The summed E-state index contributed by atoms with van der Waals surface area (Å²) in [5.41, 5.74) is -0.679. The third-order valence-electron chi connectivity index (χ3n) is 1.63. The highest BCUT2D eigenvalue weighted by Gasteiger charge is 2.16. The van der Waals surface area contributed by atoms with Crippen molar-refractivity contribution in [3.05, 3.63) is 29.3 Å². The Morgan fingerprint density at radius 1 is 1.20 bits per heavy atom. The van der Waals surface area contributed by atoms with E-state index in [1.165, 1.54) is 6.07 Å². The minimum Gasteiger partial charge on any atom is -0.478 e. The fourth-order valence-electron chi connectivity index (χ4n) is 1.02. The van der Waals surface area contributed by atoms with Gasteiger partial charge in [0.2, 0.25) is 0 Å². The number of ether oxygens (including phenoxy) is 1. The molecule has 0 heterocycles. The second-order valence-electron chi connectivity index (χ2n) is 2.54. The largest absolute Gasteiger partial charge is 0.478 e. The number of hydrogen-bond donors (Lipinski definition) is 2. The molecule has 1 rings (SSSR count). The molecule has 1 aromatic carbocycles. The van der Waals surface area contributed by atoms with Gasteiger partial charge < -0.3 is 14.9 Å². The molecule has 0 aliphatic heterocycles. The van der Waals surface area contributed by atoms with Crippen LogP contribution in [0.2, 0.25) is 0 Å². The van der Waals surface area contributed by atoms with Crippen molar-refractivity contribution < 1.29 is 24.5 Å². The highest BCUT2D eigenvalue weighted by atomic mass is 16.5. The minimum absolute atomic E-state index is 0.111. The lowest BCUT2D eigenvalue weighted by molar-refractivity contribution is 0.0651. The van der Waals surface area contributed by atoms with Gasteiger partial charge in [-0.05, 0) is 18.2 Å². The average Bonchev–Trinajstić information content (AvgIpc) is 2.17. The van der Waals surface area contributed by atoms with Gasteiger partial charge in [0, 0.05) is 0 Å². The monoisotopic (exact) mass is 206 g/mol. The zero-order valence-electron chi connectivity index (χ0n) is 7.43. The summed E-state index contributed by atoms with van der Waals surface area (Å²) < 4.78 is 4.60. The van der Waals surface area contributed by atoms with Crippen LogP contribution in [-0.4, -0.2) is 22.2 Å². The lowest BCUT2D eigenvalue weighted by atomic mass is 10.1. The lowest BCUT2D eigenvalue weighted by Gasteiger charge is -2.03. The third kappa shape index (κ3) is 2.25. The number of carbonyl (C=O) groups is 2. The third-order valence-corrected chi connectivity index (χ3v) is 1.63. The van der Waals surface area contributed by atoms with E-state index in [2.05, 4.69) is 4.74 Å². The highest BCUT2D eigenvalue weighted by Crippen LogP contribution is 2.18. The molecular weight excluding hydrogens is 200 g/mol. The predicted molar refractivity (Wildman–Crippen MR) is 49.8 cm³/mol. The van der Waals surface area contributed by atoms with Crippen molar-refractivity contribution in [1.29, 1.82) is 0 Å². The maximum atomic E-state index is 10.7. The van der Waals surface area contributed by atoms with E-state index in [-0.39, 0.29) is 16.9 Å². The number of carboxylic acids is 2. The summed E-state index contributed by atoms with van der Waals surface area (Å²) in [6, 6.07) is 3.47. The Labute approximate surface area is 84.9 Å². The van der Waals surface area contributed by atoms with Gasteiger partial charge in [-0.15, -0.1) is 0 Å². The number of carboxylic acid groups (broad SMARTS) is 2. The number of terminal acetylenes is 1. The van der Waals surface area contributed by atoms with Gasteiger partial charge in [0.25, 0.3) is 0 Å². The van der Waals surface area contributed by atoms with E-state index in [9.17, 15) is 9.59 Å². The molecule has 0 spiro atoms. The average molecular weight is 206 g/mol. The zero-order valence-corrected chi connectivity index (χ0v) is 7.43. The molecule has 5 heteroatoms. The normalized spacial score (nSPS) is 9.00. The first-order chi connectivity index (χ1) is 7.06. The molecule has 0 saturated heterocycles. The molecule has 1 aromatic rings. The van der Waals surface area contributed by atoms with E-state index in [1.54, 1.807) is 0 Å². The van der Waals surface area contributed by atoms with E-state index >= 15 is 0 Å². The Kier molecular flexibility index (Phi) is 2.94. The van der Waals surface area contributed by atoms with Crippen LogP contribution >= 0.6 is 0 Å². The van der Waals surface area contributed by atoms with Crippen LogP contribution in [0.15, 0.2) is 18.2 Å². The summed E-state index contributed by atoms with van der Waals surface area (Å²) in [5, 5.41) is 17.4. The van der Waals surface area contributed by atoms with Crippen LogP contribution in [0, 0.1) is 12.5 Å². The van der Waals surface area contributed by atoms with E-state index in [1.807, 2.05) is 6.11 Å². The Morgan fingerprint density at radius 3 is 2.27 bits per heavy atom. The van der Waals surface area contributed by atoms with Crippen molar-refractivity contribution in [1.82, 2.24) is 0 Å². The van der Waals surface area contributed by atoms with Crippen LogP contribution < -0.4 is 4.74 Å². The van der Waals surface area contributed by atoms with Crippen molar-refractivity contribution in [2.75, 3.05) is 0 Å². The summed E-state index contributed by atoms with van der Waals surface area (Å²) in [5.74, 6) is -2.56. The van der Waals surface area contributed by atoms with Crippen LogP contribution in [0.5, 0.6) is 5.75 Å². The molecule has 0 saturated carbocycles. The molecule has 2 N–H and O–H groups in total. The van der Waals surface area contributed by atoms with Crippen LogP contribution in [0.3, 0.4) is 0 Å². The quantitative estimate of drug-likeness (QED) is 0.722. The van der Waals surface area contributed by atoms with Crippen LogP contribution in [0.1, 0.15) is 20.7 Å². The molecule has 0 unspecified atom stereocenters. The maximum Gasteiger partial charge on any atom is 0.336 e. The summed E-state index contributed by atoms with van der Waals surface area (Å²) in [6.45, 7) is 0. The number of benzene rings is 1. The van der Waals surface area contributed by atoms with E-state index in [0.717, 1.165) is 12.1 Å². The smallest absolute Gasteiger partial charge is 0.336 e. The molecule has 0 radical (unpaired) electrons. The summed E-state index contributed by atoms with van der Waals surface area (Å²) in [7, 11) is 0. The molecule has 0 atom stereocenters. The molecular formula is C10H6O5. The van der Waals surface area contributed by atoms with Gasteiger partial charge in [0.15, 0.2) is 0 Å². The van der Waals surface area contributed by atoms with Crippen molar-refractivity contribution in [2.45, 2.75) is 0 Å². The molecule has 0 aliphatic carbocycles. The van der Waals surface area contributed by atoms with Crippen LogP contribution in [0.4, 0.5) is 0 Å². The number of hydrogen-bond acceptors (Lipinski definition) is 3. The fourth-order valence-corrected chi connectivity index (χ4v) is 1.02. The van der Waals surface area contributed by atoms with Gasteiger partial charge in [0.05, 0.1) is 11.1 Å². The zero-order chi connectivity index (χ0) is 11.4. The number of rotatable bonds is 3. The molecule has 15 heavy (non-hydrogen) atoms. The topological polar surface area (TPSA) is 83.8 Å². The van der Waals surface area contributed by atoms with Gasteiger partial charge >= 0.3 is 11.9 Å². The summed E-state index contributed by atoms with van der Waals surface area (Å²) in [6.07, 6.45) is 6.71. The molecule has 0 amide bonds. The first-order valence-corrected chi connectivity index (χ1v) is 3.79. The van der Waals surface area contributed by atoms with Crippen LogP contribution in [-0.2, 0) is 0 Å². The Balaban J connectivity index is 3.28. The highest BCUT2D eigenvalue weighted by molar-refractivity contribution is 6.01. The lowest BCUT2D eigenvalue weighted by Crippen LogP contribution is -2.07. The van der Waals surface area contributed by atoms with Gasteiger partial charge in [0.1, 0.15) is 11.9 Å². The molecule has 0 fully saturated rings. The molecule has 0 aromatic heterocycles. The fraction of sp³-hybridized carbons (Fsp3) is 0. The van der Waals surface area contributed by atoms with Gasteiger partial charge in [-0.2, -0.15) is 0 Å². The standard InChI is InChI=1S/C10H6O5/c1-2-15-6-3-4-7(9(11)12)8(5-6)10(13)14/h1,3-5H,(H,11,12)(H,13,14). The molecule has 76 valence electrons.